The second kappa shape index (κ2) is 5.43. The molecular weight excluding hydrogens is 338 g/mol. The van der Waals surface area contributed by atoms with Crippen molar-refractivity contribution in [2.75, 3.05) is 5.32 Å². The monoisotopic (exact) mass is 351 g/mol. The summed E-state index contributed by atoms with van der Waals surface area (Å²) in [6, 6.07) is 1.40. The number of aromatic nitrogens is 1. The van der Waals surface area contributed by atoms with Crippen molar-refractivity contribution in [2.45, 2.75) is 31.3 Å². The van der Waals surface area contributed by atoms with Crippen molar-refractivity contribution < 1.29 is 17.9 Å². The number of nitrogens with zero attached hydrogens (tertiary/aromatic N) is 1. The summed E-state index contributed by atoms with van der Waals surface area (Å²) in [6.45, 7) is 5.05. The van der Waals surface area contributed by atoms with E-state index in [1.807, 2.05) is 0 Å². The molecule has 3 N–H and O–H groups in total. The Hall–Kier alpha value is -1.19. The Labute approximate surface area is 119 Å². The Balaban J connectivity index is 3.10. The summed E-state index contributed by atoms with van der Waals surface area (Å²) in [5, 5.41) is 7.32. The van der Waals surface area contributed by atoms with Crippen molar-refractivity contribution in [1.82, 2.24) is 4.98 Å². The fraction of sp³-hybridized carbons (Fsp3) is 0.400. The van der Waals surface area contributed by atoms with E-state index in [1.165, 1.54) is 12.3 Å². The van der Waals surface area contributed by atoms with Gasteiger partial charge in [-0.25, -0.2) is 23.3 Å². The summed E-state index contributed by atoms with van der Waals surface area (Å²) in [4.78, 5) is 15.1. The summed E-state index contributed by atoms with van der Waals surface area (Å²) in [5.41, 5.74) is -0.710. The number of nitrogens with two attached hydrogens (primary N) is 1. The first-order valence-electron chi connectivity index (χ1n) is 5.18. The number of halogens is 1. The van der Waals surface area contributed by atoms with Gasteiger partial charge < -0.3 is 4.74 Å². The van der Waals surface area contributed by atoms with E-state index in [4.69, 9.17) is 9.88 Å². The first kappa shape index (κ1) is 15.9. The van der Waals surface area contributed by atoms with Crippen LogP contribution in [0.15, 0.2) is 21.6 Å². The lowest BCUT2D eigenvalue weighted by Gasteiger charge is -2.20. The minimum Gasteiger partial charge on any atom is -0.444 e. The van der Waals surface area contributed by atoms with E-state index < -0.39 is 21.7 Å². The minimum absolute atomic E-state index is 0.189. The summed E-state index contributed by atoms with van der Waals surface area (Å²) < 4.78 is 28.1. The quantitative estimate of drug-likeness (QED) is 0.844. The predicted octanol–water partition coefficient (Wildman–Crippen LogP) is 1.84. The number of ether oxygens (including phenoxy) is 1. The molecule has 0 radical (unpaired) electrons. The van der Waals surface area contributed by atoms with E-state index in [0.29, 0.717) is 0 Å². The van der Waals surface area contributed by atoms with E-state index in [1.54, 1.807) is 20.8 Å². The van der Waals surface area contributed by atoms with Gasteiger partial charge in [0.1, 0.15) is 10.5 Å². The van der Waals surface area contributed by atoms with Crippen LogP contribution in [0.3, 0.4) is 0 Å². The molecule has 0 unspecified atom stereocenters. The van der Waals surface area contributed by atoms with E-state index in [-0.39, 0.29) is 15.2 Å². The molecule has 0 saturated heterocycles. The van der Waals surface area contributed by atoms with E-state index >= 15 is 0 Å². The summed E-state index contributed by atoms with van der Waals surface area (Å²) in [7, 11) is -4.03. The van der Waals surface area contributed by atoms with Gasteiger partial charge in [-0.2, -0.15) is 0 Å². The molecule has 1 heterocycles. The first-order chi connectivity index (χ1) is 8.50. The Morgan fingerprint density at radius 1 is 1.47 bits per heavy atom. The van der Waals surface area contributed by atoms with Gasteiger partial charge in [0.25, 0.3) is 0 Å². The molecule has 1 aromatic heterocycles. The lowest BCUT2D eigenvalue weighted by atomic mass is 10.2. The number of carbonyl (C=O) groups excluding carboxylic acids is 1. The average molecular weight is 352 g/mol. The Morgan fingerprint density at radius 3 is 2.53 bits per heavy atom. The highest BCUT2D eigenvalue weighted by molar-refractivity contribution is 9.10. The number of hydrogen-bond acceptors (Lipinski definition) is 5. The Bertz CT molecular complexity index is 595. The third-order valence-electron chi connectivity index (χ3n) is 1.76. The number of rotatable bonds is 2. The van der Waals surface area contributed by atoms with Gasteiger partial charge in [-0.1, -0.05) is 0 Å². The zero-order valence-electron chi connectivity index (χ0n) is 10.6. The van der Waals surface area contributed by atoms with Crippen molar-refractivity contribution >= 4 is 37.9 Å². The lowest BCUT2D eigenvalue weighted by molar-refractivity contribution is 0.0635. The topological polar surface area (TPSA) is 111 Å². The van der Waals surface area contributed by atoms with Crippen LogP contribution < -0.4 is 10.5 Å². The average Bonchev–Trinajstić information content (AvgIpc) is 2.11. The zero-order valence-corrected chi connectivity index (χ0v) is 13.0. The number of sulfonamides is 1. The molecule has 0 spiro atoms. The lowest BCUT2D eigenvalue weighted by Crippen LogP contribution is -2.28. The molecule has 0 aliphatic rings. The molecule has 0 aliphatic heterocycles. The number of amides is 1. The van der Waals surface area contributed by atoms with Crippen LogP contribution >= 0.6 is 15.9 Å². The largest absolute Gasteiger partial charge is 0.444 e. The molecular formula is C10H14BrN3O4S. The van der Waals surface area contributed by atoms with Crippen LogP contribution in [0.25, 0.3) is 0 Å². The van der Waals surface area contributed by atoms with E-state index in [2.05, 4.69) is 26.2 Å². The summed E-state index contributed by atoms with van der Waals surface area (Å²) >= 11 is 3.04. The van der Waals surface area contributed by atoms with Crippen LogP contribution in [0.2, 0.25) is 0 Å². The van der Waals surface area contributed by atoms with Crippen molar-refractivity contribution in [3.8, 4) is 0 Å². The molecule has 0 bridgehead atoms. The van der Waals surface area contributed by atoms with Crippen molar-refractivity contribution in [1.29, 1.82) is 0 Å². The molecule has 0 aliphatic carbocycles. The van der Waals surface area contributed by atoms with Crippen molar-refractivity contribution in [3.05, 3.63) is 16.7 Å². The third kappa shape index (κ3) is 4.77. The molecule has 0 aromatic carbocycles. The molecule has 1 rings (SSSR count). The number of primary sulfonamides is 1. The van der Waals surface area contributed by atoms with Crippen molar-refractivity contribution in [2.24, 2.45) is 5.14 Å². The van der Waals surface area contributed by atoms with Crippen LogP contribution in [0.5, 0.6) is 0 Å². The summed E-state index contributed by atoms with van der Waals surface area (Å²) in [6.07, 6.45) is 0.508. The van der Waals surface area contributed by atoms with Crippen LogP contribution in [0, 0.1) is 0 Å². The summed E-state index contributed by atoms with van der Waals surface area (Å²) in [5.74, 6) is -0.189. The molecule has 7 nitrogen and oxygen atoms in total. The maximum atomic E-state index is 11.6. The first-order valence-corrected chi connectivity index (χ1v) is 7.52. The van der Waals surface area contributed by atoms with Gasteiger partial charge in [-0.15, -0.1) is 0 Å². The standard InChI is InChI=1S/C10H14BrN3O4S/c1-10(2,3)18-9(15)14-8-7(19(12,16)17)6(11)4-5-13-8/h4-5H,1-3H3,(H2,12,16,17)(H,13,14,15). The molecule has 106 valence electrons. The van der Waals surface area contributed by atoms with Gasteiger partial charge in [0.05, 0.1) is 0 Å². The fourth-order valence-electron chi connectivity index (χ4n) is 1.18. The van der Waals surface area contributed by atoms with Gasteiger partial charge in [0.15, 0.2) is 5.82 Å². The number of carbonyl (C=O) groups is 1. The van der Waals surface area contributed by atoms with Gasteiger partial charge in [0.2, 0.25) is 10.0 Å². The van der Waals surface area contributed by atoms with Crippen LogP contribution in [0.1, 0.15) is 20.8 Å². The molecule has 1 aromatic rings. The predicted molar refractivity (Wildman–Crippen MR) is 73.2 cm³/mol. The van der Waals surface area contributed by atoms with Gasteiger partial charge in [0, 0.05) is 10.7 Å². The van der Waals surface area contributed by atoms with Crippen molar-refractivity contribution in [3.63, 3.8) is 0 Å². The second-order valence-electron chi connectivity index (χ2n) is 4.64. The molecule has 0 atom stereocenters. The Kier molecular flexibility index (Phi) is 4.54. The van der Waals surface area contributed by atoms with Crippen LogP contribution in [-0.4, -0.2) is 25.1 Å². The highest BCUT2D eigenvalue weighted by atomic mass is 79.9. The normalized spacial score (nSPS) is 12.1. The number of nitrogens with one attached hydrogen (secondary N) is 1. The van der Waals surface area contributed by atoms with E-state index in [9.17, 15) is 13.2 Å². The minimum atomic E-state index is -4.03. The van der Waals surface area contributed by atoms with Crippen LogP contribution in [0.4, 0.5) is 10.6 Å². The molecule has 1 amide bonds. The van der Waals surface area contributed by atoms with Gasteiger partial charge in [-0.05, 0) is 42.8 Å². The SMILES string of the molecule is CC(C)(C)OC(=O)Nc1nccc(Br)c1S(N)(=O)=O. The molecule has 0 saturated carbocycles. The number of anilines is 1. The van der Waals surface area contributed by atoms with Gasteiger partial charge in [-0.3, -0.25) is 5.32 Å². The number of pyridine rings is 1. The maximum Gasteiger partial charge on any atom is 0.413 e. The highest BCUT2D eigenvalue weighted by Crippen LogP contribution is 2.26. The fourth-order valence-corrected chi connectivity index (χ4v) is 2.88. The highest BCUT2D eigenvalue weighted by Gasteiger charge is 2.23. The molecule has 0 fully saturated rings. The van der Waals surface area contributed by atoms with Crippen LogP contribution in [-0.2, 0) is 14.8 Å². The second-order valence-corrected chi connectivity index (χ2v) is 7.00. The zero-order chi connectivity index (χ0) is 14.8. The maximum absolute atomic E-state index is 11.6. The third-order valence-corrected chi connectivity index (χ3v) is 3.67. The Morgan fingerprint density at radius 2 is 2.05 bits per heavy atom. The van der Waals surface area contributed by atoms with E-state index in [0.717, 1.165) is 0 Å². The number of hydrogen-bond donors (Lipinski definition) is 2. The smallest absolute Gasteiger partial charge is 0.413 e. The van der Waals surface area contributed by atoms with Gasteiger partial charge >= 0.3 is 6.09 Å². The molecule has 19 heavy (non-hydrogen) atoms. The molecule has 9 heteroatoms.